The van der Waals surface area contributed by atoms with Gasteiger partial charge in [-0.15, -0.1) is 20.4 Å². The zero-order valence-corrected chi connectivity index (χ0v) is 7.22. The van der Waals surface area contributed by atoms with Gasteiger partial charge in [0.05, 0.1) is 0 Å². The second-order valence-electron chi connectivity index (χ2n) is 1.99. The van der Waals surface area contributed by atoms with Gasteiger partial charge in [-0.1, -0.05) is 18.3 Å². The molecule has 0 spiro atoms. The highest BCUT2D eigenvalue weighted by atomic mass is 32.2. The van der Waals surface area contributed by atoms with Gasteiger partial charge in [0.15, 0.2) is 5.82 Å². The first kappa shape index (κ1) is 8.13. The zero-order valence-electron chi connectivity index (χ0n) is 6.40. The molecular formula is C6H8N4S. The standard InChI is InChI=1S/C6H8N4S/c1-4(2)5-7-9-6(11-3)10-8-5/h1H2,2-3H3. The monoisotopic (exact) mass is 168 g/mol. The van der Waals surface area contributed by atoms with E-state index in [0.29, 0.717) is 11.0 Å². The first-order chi connectivity index (χ1) is 5.24. The molecule has 11 heavy (non-hydrogen) atoms. The first-order valence-corrected chi connectivity index (χ1v) is 4.24. The quantitative estimate of drug-likeness (QED) is 0.617. The highest BCUT2D eigenvalue weighted by Gasteiger charge is 1.98. The lowest BCUT2D eigenvalue weighted by molar-refractivity contribution is 0.732. The molecule has 0 amide bonds. The number of allylic oxidation sites excluding steroid dienone is 1. The van der Waals surface area contributed by atoms with Crippen LogP contribution in [0.2, 0.25) is 0 Å². The summed E-state index contributed by atoms with van der Waals surface area (Å²) in [6.07, 6.45) is 1.87. The predicted molar refractivity (Wildman–Crippen MR) is 44.1 cm³/mol. The molecule has 0 unspecified atom stereocenters. The summed E-state index contributed by atoms with van der Waals surface area (Å²) >= 11 is 1.41. The van der Waals surface area contributed by atoms with Crippen molar-refractivity contribution in [2.24, 2.45) is 0 Å². The van der Waals surface area contributed by atoms with Gasteiger partial charge in [0.2, 0.25) is 5.16 Å². The second kappa shape index (κ2) is 3.43. The largest absolute Gasteiger partial charge is 0.229 e. The molecule has 0 aliphatic carbocycles. The van der Waals surface area contributed by atoms with Gasteiger partial charge in [-0.25, -0.2) is 0 Å². The van der Waals surface area contributed by atoms with Crippen molar-refractivity contribution < 1.29 is 0 Å². The summed E-state index contributed by atoms with van der Waals surface area (Å²) in [6.45, 7) is 5.49. The lowest BCUT2D eigenvalue weighted by Gasteiger charge is -1.94. The van der Waals surface area contributed by atoms with Gasteiger partial charge in [-0.05, 0) is 18.8 Å². The van der Waals surface area contributed by atoms with Crippen molar-refractivity contribution in [1.29, 1.82) is 0 Å². The Balaban J connectivity index is 2.91. The van der Waals surface area contributed by atoms with Gasteiger partial charge < -0.3 is 0 Å². The van der Waals surface area contributed by atoms with Crippen LogP contribution in [0.25, 0.3) is 5.57 Å². The smallest absolute Gasteiger partial charge is 0.126 e. The Labute approximate surface area is 69.1 Å². The average molecular weight is 168 g/mol. The normalized spacial score (nSPS) is 9.64. The molecule has 58 valence electrons. The molecule has 1 rings (SSSR count). The molecule has 1 aromatic heterocycles. The van der Waals surface area contributed by atoms with Crippen LogP contribution in [0, 0.1) is 0 Å². The molecule has 0 radical (unpaired) electrons. The van der Waals surface area contributed by atoms with E-state index < -0.39 is 0 Å². The van der Waals surface area contributed by atoms with Crippen LogP contribution >= 0.6 is 11.8 Å². The highest BCUT2D eigenvalue weighted by Crippen LogP contribution is 2.06. The predicted octanol–water partition coefficient (Wildman–Crippen LogP) is 1.02. The van der Waals surface area contributed by atoms with E-state index in [4.69, 9.17) is 0 Å². The fourth-order valence-corrected chi connectivity index (χ4v) is 0.718. The van der Waals surface area contributed by atoms with Gasteiger partial charge in [0.25, 0.3) is 0 Å². The summed E-state index contributed by atoms with van der Waals surface area (Å²) in [6, 6.07) is 0. The second-order valence-corrected chi connectivity index (χ2v) is 2.76. The molecule has 0 aromatic carbocycles. The summed E-state index contributed by atoms with van der Waals surface area (Å²) in [5.41, 5.74) is 0.776. The van der Waals surface area contributed by atoms with Crippen molar-refractivity contribution in [3.05, 3.63) is 12.4 Å². The Bertz CT molecular complexity index is 256. The molecule has 0 aliphatic heterocycles. The van der Waals surface area contributed by atoms with E-state index in [0.717, 1.165) is 5.57 Å². The van der Waals surface area contributed by atoms with Crippen molar-refractivity contribution in [3.8, 4) is 0 Å². The maximum Gasteiger partial charge on any atom is 0.229 e. The van der Waals surface area contributed by atoms with Gasteiger partial charge in [-0.2, -0.15) is 0 Å². The number of nitrogens with zero attached hydrogens (tertiary/aromatic N) is 4. The number of hydrogen-bond donors (Lipinski definition) is 0. The maximum absolute atomic E-state index is 3.81. The highest BCUT2D eigenvalue weighted by molar-refractivity contribution is 7.98. The Morgan fingerprint density at radius 2 is 1.82 bits per heavy atom. The van der Waals surface area contributed by atoms with E-state index in [1.807, 2.05) is 13.2 Å². The van der Waals surface area contributed by atoms with Gasteiger partial charge in [0, 0.05) is 0 Å². The molecule has 0 bridgehead atoms. The van der Waals surface area contributed by atoms with Crippen LogP contribution in [0.15, 0.2) is 11.7 Å². The Morgan fingerprint density at radius 3 is 2.18 bits per heavy atom. The molecule has 1 heterocycles. The minimum absolute atomic E-state index is 0.503. The third-order valence-corrected chi connectivity index (χ3v) is 1.55. The van der Waals surface area contributed by atoms with Gasteiger partial charge in [0.1, 0.15) is 0 Å². The Hall–Kier alpha value is -0.970. The van der Waals surface area contributed by atoms with Crippen LogP contribution in [0.5, 0.6) is 0 Å². The van der Waals surface area contributed by atoms with Crippen LogP contribution in [-0.2, 0) is 0 Å². The van der Waals surface area contributed by atoms with E-state index in [2.05, 4.69) is 27.0 Å². The summed E-state index contributed by atoms with van der Waals surface area (Å²) in [5.74, 6) is 0.503. The zero-order chi connectivity index (χ0) is 8.27. The van der Waals surface area contributed by atoms with Crippen molar-refractivity contribution >= 4 is 17.3 Å². The molecule has 0 fully saturated rings. The molecule has 5 heteroatoms. The van der Waals surface area contributed by atoms with Gasteiger partial charge >= 0.3 is 0 Å². The number of hydrogen-bond acceptors (Lipinski definition) is 5. The van der Waals surface area contributed by atoms with E-state index in [1.165, 1.54) is 11.8 Å². The summed E-state index contributed by atoms with van der Waals surface area (Å²) < 4.78 is 0. The fourth-order valence-electron chi connectivity index (χ4n) is 0.473. The topological polar surface area (TPSA) is 51.6 Å². The molecule has 4 nitrogen and oxygen atoms in total. The van der Waals surface area contributed by atoms with Gasteiger partial charge in [-0.3, -0.25) is 0 Å². The lowest BCUT2D eigenvalue weighted by Crippen LogP contribution is -1.99. The molecule has 0 atom stereocenters. The lowest BCUT2D eigenvalue weighted by atomic mass is 10.3. The van der Waals surface area contributed by atoms with E-state index >= 15 is 0 Å². The third kappa shape index (κ3) is 1.98. The minimum Gasteiger partial charge on any atom is -0.126 e. The summed E-state index contributed by atoms with van der Waals surface area (Å²) in [5, 5.41) is 15.8. The number of aromatic nitrogens is 4. The molecular weight excluding hydrogens is 160 g/mol. The maximum atomic E-state index is 3.81. The van der Waals surface area contributed by atoms with Crippen molar-refractivity contribution in [3.63, 3.8) is 0 Å². The van der Waals surface area contributed by atoms with Crippen molar-refractivity contribution in [1.82, 2.24) is 20.4 Å². The van der Waals surface area contributed by atoms with E-state index in [-0.39, 0.29) is 0 Å². The van der Waals surface area contributed by atoms with E-state index in [1.54, 1.807) is 0 Å². The molecule has 0 N–H and O–H groups in total. The molecule has 0 saturated carbocycles. The van der Waals surface area contributed by atoms with Crippen LogP contribution in [0.1, 0.15) is 12.7 Å². The minimum atomic E-state index is 0.503. The van der Waals surface area contributed by atoms with E-state index in [9.17, 15) is 0 Å². The number of thioether (sulfide) groups is 1. The van der Waals surface area contributed by atoms with Crippen LogP contribution in [0.3, 0.4) is 0 Å². The third-order valence-electron chi connectivity index (χ3n) is 1.02. The summed E-state index contributed by atoms with van der Waals surface area (Å²) in [4.78, 5) is 0. The van der Waals surface area contributed by atoms with Crippen LogP contribution in [0.4, 0.5) is 0 Å². The molecule has 0 saturated heterocycles. The Morgan fingerprint density at radius 1 is 1.27 bits per heavy atom. The molecule has 1 aromatic rings. The number of rotatable bonds is 2. The van der Waals surface area contributed by atoms with Crippen LogP contribution < -0.4 is 0 Å². The molecule has 0 aliphatic rings. The first-order valence-electron chi connectivity index (χ1n) is 3.01. The van der Waals surface area contributed by atoms with Crippen LogP contribution in [-0.4, -0.2) is 26.7 Å². The SMILES string of the molecule is C=C(C)c1nnc(SC)nn1. The fraction of sp³-hybridized carbons (Fsp3) is 0.333. The van der Waals surface area contributed by atoms with Crippen molar-refractivity contribution in [2.45, 2.75) is 12.1 Å². The average Bonchev–Trinajstić information content (AvgIpc) is 2.05. The van der Waals surface area contributed by atoms with Crippen molar-refractivity contribution in [2.75, 3.05) is 6.26 Å². The Kier molecular flexibility index (Phi) is 2.53. The summed E-state index contributed by atoms with van der Waals surface area (Å²) in [7, 11) is 0.